The molecule has 0 radical (unpaired) electrons. The van der Waals surface area contributed by atoms with E-state index in [0.717, 1.165) is 59.8 Å². The second-order valence-corrected chi connectivity index (χ2v) is 11.4. The summed E-state index contributed by atoms with van der Waals surface area (Å²) in [7, 11) is -6.00. The van der Waals surface area contributed by atoms with Crippen molar-refractivity contribution in [3.05, 3.63) is 81.9 Å². The molecule has 0 atom stereocenters. The summed E-state index contributed by atoms with van der Waals surface area (Å²) in [5, 5.41) is 12.4. The minimum absolute atomic E-state index is 0.0788. The van der Waals surface area contributed by atoms with Crippen molar-refractivity contribution < 1.29 is 31.2 Å². The van der Waals surface area contributed by atoms with Crippen molar-refractivity contribution in [3.63, 3.8) is 0 Å². The fraction of sp³-hybridized carbons (Fsp3) is 0.353. The molecule has 0 amide bonds. The van der Waals surface area contributed by atoms with Crippen molar-refractivity contribution in [1.82, 2.24) is 0 Å². The van der Waals surface area contributed by atoms with Gasteiger partial charge in [0, 0.05) is 55.2 Å². The first-order valence-electron chi connectivity index (χ1n) is 15.0. The second-order valence-electron chi connectivity index (χ2n) is 11.4. The zero-order valence-electron chi connectivity index (χ0n) is 26.8. The largest absolute Gasteiger partial charge is 0.673 e. The number of hydrogen-bond donors (Lipinski definition) is 1. The van der Waals surface area contributed by atoms with E-state index in [-0.39, 0.29) is 16.7 Å². The lowest BCUT2D eigenvalue weighted by Crippen LogP contribution is -2.21. The van der Waals surface area contributed by atoms with Crippen LogP contribution in [0.15, 0.2) is 68.2 Å². The molecule has 4 aromatic rings. The molecule has 0 bridgehead atoms. The summed E-state index contributed by atoms with van der Waals surface area (Å²) in [5.74, 6) is 0.808. The summed E-state index contributed by atoms with van der Waals surface area (Å²) in [6, 6.07) is 13.9. The van der Waals surface area contributed by atoms with Crippen molar-refractivity contribution in [1.29, 1.82) is 0 Å². The van der Waals surface area contributed by atoms with Gasteiger partial charge < -0.3 is 36.6 Å². The molecule has 0 unspecified atom stereocenters. The molecule has 0 spiro atoms. The lowest BCUT2D eigenvalue weighted by molar-refractivity contribution is 0.368. The minimum Gasteiger partial charge on any atom is -0.506 e. The van der Waals surface area contributed by atoms with Gasteiger partial charge in [-0.15, -0.1) is 0 Å². The molecule has 0 saturated carbocycles. The third-order valence-corrected chi connectivity index (χ3v) is 7.33. The predicted octanol–water partition coefficient (Wildman–Crippen LogP) is 9.54. The Morgan fingerprint density at radius 3 is 1.87 bits per heavy atom. The summed E-state index contributed by atoms with van der Waals surface area (Å²) >= 11 is 0. The van der Waals surface area contributed by atoms with Crippen LogP contribution in [0.25, 0.3) is 34.1 Å². The number of rotatable bonds is 9. The van der Waals surface area contributed by atoms with Crippen LogP contribution < -0.4 is 15.4 Å². The molecule has 1 N–H and O–H groups in total. The van der Waals surface area contributed by atoms with Crippen LogP contribution in [-0.2, 0) is 5.41 Å². The first-order valence-corrected chi connectivity index (χ1v) is 15.0. The fourth-order valence-electron chi connectivity index (χ4n) is 4.92. The highest BCUT2D eigenvalue weighted by atomic mass is 19.5. The predicted molar refractivity (Wildman–Crippen MR) is 179 cm³/mol. The third kappa shape index (κ3) is 9.12. The zero-order chi connectivity index (χ0) is 33.5. The monoisotopic (exact) mass is 628 g/mol. The van der Waals surface area contributed by atoms with Gasteiger partial charge in [0.1, 0.15) is 16.9 Å². The highest BCUT2D eigenvalue weighted by molar-refractivity contribution is 6.50. The van der Waals surface area contributed by atoms with Crippen molar-refractivity contribution in [3.8, 4) is 5.75 Å². The van der Waals surface area contributed by atoms with Crippen LogP contribution >= 0.6 is 0 Å². The summed E-state index contributed by atoms with van der Waals surface area (Å²) in [5.41, 5.74) is 3.68. The molecule has 0 aliphatic rings. The van der Waals surface area contributed by atoms with Crippen LogP contribution in [0, 0.1) is 0 Å². The van der Waals surface area contributed by atoms with Crippen LogP contribution in [0.5, 0.6) is 5.75 Å². The summed E-state index contributed by atoms with van der Waals surface area (Å²) in [4.78, 5) is 17.2. The van der Waals surface area contributed by atoms with E-state index in [1.165, 1.54) is 0 Å². The Hall–Kier alpha value is -4.28. The molecule has 11 heteroatoms. The molecule has 0 saturated heterocycles. The number of anilines is 2. The molecule has 2 aromatic carbocycles. The summed E-state index contributed by atoms with van der Waals surface area (Å²) in [6.45, 7) is 18.4. The average molecular weight is 629 g/mol. The Morgan fingerprint density at radius 1 is 0.822 bits per heavy atom. The van der Waals surface area contributed by atoms with E-state index in [1.54, 1.807) is 24.3 Å². The number of benzene rings is 2. The van der Waals surface area contributed by atoms with E-state index in [0.29, 0.717) is 11.0 Å². The van der Waals surface area contributed by atoms with Gasteiger partial charge in [0.15, 0.2) is 0 Å². The van der Waals surface area contributed by atoms with Crippen LogP contribution in [0.3, 0.4) is 0 Å². The molecule has 0 aliphatic heterocycles. The Kier molecular flexibility index (Phi) is 11.5. The van der Waals surface area contributed by atoms with Crippen molar-refractivity contribution >= 4 is 52.7 Å². The van der Waals surface area contributed by atoms with Crippen molar-refractivity contribution in [2.24, 2.45) is 0 Å². The Bertz CT molecular complexity index is 1730. The highest BCUT2D eigenvalue weighted by Gasteiger charge is 2.29. The van der Waals surface area contributed by atoms with Crippen LogP contribution in [0.2, 0.25) is 0 Å². The number of aromatic hydroxyl groups is 1. The van der Waals surface area contributed by atoms with Gasteiger partial charge in [0.2, 0.25) is 0 Å². The van der Waals surface area contributed by atoms with E-state index in [9.17, 15) is 27.2 Å². The minimum atomic E-state index is -6.00. The van der Waals surface area contributed by atoms with Gasteiger partial charge in [-0.1, -0.05) is 18.2 Å². The summed E-state index contributed by atoms with van der Waals surface area (Å²) in [6.07, 6.45) is 7.20. The molecule has 0 fully saturated rings. The Labute approximate surface area is 261 Å². The lowest BCUT2D eigenvalue weighted by Gasteiger charge is -2.21. The second kappa shape index (κ2) is 14.7. The lowest BCUT2D eigenvalue weighted by atomic mass is 9.91. The van der Waals surface area contributed by atoms with Crippen LogP contribution in [0.1, 0.15) is 65.4 Å². The third-order valence-electron chi connectivity index (χ3n) is 7.33. The van der Waals surface area contributed by atoms with Crippen molar-refractivity contribution in [2.45, 2.75) is 53.9 Å². The van der Waals surface area contributed by atoms with E-state index >= 15 is 0 Å². The van der Waals surface area contributed by atoms with E-state index in [1.807, 2.05) is 18.2 Å². The van der Waals surface area contributed by atoms with Crippen molar-refractivity contribution in [2.75, 3.05) is 36.0 Å². The SMILES string of the molecule is CCN(CC)c1ccc2c(O)c(/C=C/C=C/c3cc(C(C)(C)C)[o+]c4cc(N(CC)CC)ccc34)c(=O)oc2c1.F[B-](F)(F)F. The Balaban J connectivity index is 0.00000102. The van der Waals surface area contributed by atoms with Gasteiger partial charge in [0.05, 0.1) is 22.3 Å². The molecule has 2 heterocycles. The number of fused-ring (bicyclic) bond motifs is 2. The van der Waals surface area contributed by atoms with Crippen LogP contribution in [0.4, 0.5) is 28.6 Å². The van der Waals surface area contributed by atoms with Gasteiger partial charge in [0.25, 0.3) is 0 Å². The quantitative estimate of drug-likeness (QED) is 0.0655. The number of halogens is 4. The van der Waals surface area contributed by atoms with Gasteiger partial charge in [-0.05, 0) is 78.8 Å². The topological polar surface area (TPSA) is 68.2 Å². The maximum absolute atomic E-state index is 12.8. The number of allylic oxidation sites excluding steroid dienone is 2. The number of hydrogen-bond acceptors (Lipinski definition) is 5. The molecule has 2 aromatic heterocycles. The smallest absolute Gasteiger partial charge is 0.506 e. The van der Waals surface area contributed by atoms with Gasteiger partial charge in [-0.3, -0.25) is 0 Å². The van der Waals surface area contributed by atoms with Gasteiger partial charge >= 0.3 is 24.2 Å². The molecule has 242 valence electrons. The maximum Gasteiger partial charge on any atom is 0.673 e. The summed E-state index contributed by atoms with van der Waals surface area (Å²) < 4.78 is 51.0. The zero-order valence-corrected chi connectivity index (χ0v) is 26.8. The van der Waals surface area contributed by atoms with Gasteiger partial charge in [-0.25, -0.2) is 9.21 Å². The van der Waals surface area contributed by atoms with Crippen LogP contribution in [-0.4, -0.2) is 38.5 Å². The maximum atomic E-state index is 12.8. The van der Waals surface area contributed by atoms with E-state index in [4.69, 9.17) is 8.83 Å². The fourth-order valence-corrected chi connectivity index (χ4v) is 4.92. The highest BCUT2D eigenvalue weighted by Crippen LogP contribution is 2.33. The molecule has 6 nitrogen and oxygen atoms in total. The average Bonchev–Trinajstić information content (AvgIpc) is 2.96. The number of nitrogens with zero attached hydrogens (tertiary/aromatic N) is 2. The van der Waals surface area contributed by atoms with Gasteiger partial charge in [-0.2, -0.15) is 0 Å². The normalized spacial score (nSPS) is 12.2. The molecular formula is C34H41BF4N2O4. The van der Waals surface area contributed by atoms with E-state index in [2.05, 4.69) is 82.5 Å². The standard InChI is InChI=1S/C34H40N2O4.BF4/c1-8-35(9-2)24-16-18-26-23(20-31(34(5,6)7)39-29(26)21-24)14-12-13-15-28-32(37)27-19-17-25(36(10-3)11-4)22-30(27)40-33(28)38;2-1(3,4)5/h12-22H,8-11H2,1-7H3;/q;-1/p+1. The molecular weight excluding hydrogens is 587 g/mol. The first kappa shape index (κ1) is 35.2. The molecule has 0 aliphatic carbocycles. The molecule has 45 heavy (non-hydrogen) atoms. The molecule has 4 rings (SSSR count). The van der Waals surface area contributed by atoms with E-state index < -0.39 is 12.9 Å². The Morgan fingerprint density at radius 2 is 1.33 bits per heavy atom. The first-order chi connectivity index (χ1) is 21.1.